The van der Waals surface area contributed by atoms with E-state index in [-0.39, 0.29) is 11.9 Å². The topological polar surface area (TPSA) is 51.0 Å². The number of benzene rings is 3. The quantitative estimate of drug-likeness (QED) is 0.367. The molecule has 1 atom stereocenters. The van der Waals surface area contributed by atoms with Crippen molar-refractivity contribution in [2.45, 2.75) is 38.4 Å². The van der Waals surface area contributed by atoms with Crippen LogP contribution in [0.15, 0.2) is 78.0 Å². The summed E-state index contributed by atoms with van der Waals surface area (Å²) in [5.41, 5.74) is 6.68. The van der Waals surface area contributed by atoms with Gasteiger partial charge in [-0.2, -0.15) is 0 Å². The fourth-order valence-corrected chi connectivity index (χ4v) is 5.19. The Morgan fingerprint density at radius 2 is 1.73 bits per heavy atom. The molecule has 1 aromatic heterocycles. The molecule has 1 aliphatic heterocycles. The molecule has 0 saturated carbocycles. The monoisotopic (exact) mass is 454 g/mol. The van der Waals surface area contributed by atoms with Gasteiger partial charge >= 0.3 is 0 Å². The first-order valence-electron chi connectivity index (χ1n) is 11.1. The van der Waals surface area contributed by atoms with Gasteiger partial charge in [-0.15, -0.1) is 10.2 Å². The van der Waals surface area contributed by atoms with Crippen LogP contribution in [0.4, 0.5) is 5.69 Å². The van der Waals surface area contributed by atoms with Gasteiger partial charge in [-0.25, -0.2) is 0 Å². The van der Waals surface area contributed by atoms with E-state index in [0.29, 0.717) is 10.9 Å². The Hall–Kier alpha value is -3.38. The van der Waals surface area contributed by atoms with Gasteiger partial charge in [-0.1, -0.05) is 66.4 Å². The standard InChI is InChI=1S/C27H26N4OS/c1-18-13-14-23(15-19(18)2)31-26(21-9-5-4-6-10-21)28-29-27(31)33-17-25(32)30-20(3)16-22-11-7-8-12-24(22)30/h4-15,20H,16-17H2,1-3H3. The highest BCUT2D eigenvalue weighted by Crippen LogP contribution is 2.34. The Morgan fingerprint density at radius 3 is 2.52 bits per heavy atom. The lowest BCUT2D eigenvalue weighted by molar-refractivity contribution is -0.116. The Kier molecular flexibility index (Phi) is 5.77. The first-order valence-corrected chi connectivity index (χ1v) is 12.1. The highest BCUT2D eigenvalue weighted by molar-refractivity contribution is 7.99. The van der Waals surface area contributed by atoms with Gasteiger partial charge in [0.15, 0.2) is 11.0 Å². The van der Waals surface area contributed by atoms with Crippen LogP contribution < -0.4 is 4.90 Å². The number of fused-ring (bicyclic) bond motifs is 1. The van der Waals surface area contributed by atoms with Crippen LogP contribution in [0.2, 0.25) is 0 Å². The van der Waals surface area contributed by atoms with E-state index in [4.69, 9.17) is 0 Å². The molecule has 0 aliphatic carbocycles. The lowest BCUT2D eigenvalue weighted by atomic mass is 10.1. The van der Waals surface area contributed by atoms with E-state index in [9.17, 15) is 4.79 Å². The zero-order chi connectivity index (χ0) is 22.9. The van der Waals surface area contributed by atoms with Gasteiger partial charge in [0, 0.05) is 17.3 Å². The number of aryl methyl sites for hydroxylation is 2. The Balaban J connectivity index is 1.47. The molecule has 2 heterocycles. The van der Waals surface area contributed by atoms with E-state index in [1.807, 2.05) is 53.4 Å². The van der Waals surface area contributed by atoms with Crippen LogP contribution in [0.1, 0.15) is 23.6 Å². The van der Waals surface area contributed by atoms with Crippen LogP contribution in [0.25, 0.3) is 17.1 Å². The van der Waals surface area contributed by atoms with Crippen LogP contribution in [0.3, 0.4) is 0 Å². The molecule has 0 saturated heterocycles. The second kappa shape index (κ2) is 8.87. The smallest absolute Gasteiger partial charge is 0.237 e. The number of carbonyl (C=O) groups is 1. The first kappa shape index (κ1) is 21.5. The van der Waals surface area contributed by atoms with E-state index in [2.05, 4.69) is 59.8 Å². The molecule has 1 unspecified atom stereocenters. The Morgan fingerprint density at radius 1 is 0.970 bits per heavy atom. The van der Waals surface area contributed by atoms with Crippen molar-refractivity contribution < 1.29 is 4.79 Å². The number of nitrogens with zero attached hydrogens (tertiary/aromatic N) is 4. The largest absolute Gasteiger partial charge is 0.308 e. The van der Waals surface area contributed by atoms with Crippen molar-refractivity contribution in [3.8, 4) is 17.1 Å². The maximum absolute atomic E-state index is 13.3. The average Bonchev–Trinajstić information content (AvgIpc) is 3.40. The molecule has 166 valence electrons. The molecule has 0 radical (unpaired) electrons. The fourth-order valence-electron chi connectivity index (χ4n) is 4.38. The molecule has 5 rings (SSSR count). The molecule has 5 nitrogen and oxygen atoms in total. The molecule has 3 aromatic carbocycles. The fraction of sp³-hybridized carbons (Fsp3) is 0.222. The molecule has 1 aliphatic rings. The summed E-state index contributed by atoms with van der Waals surface area (Å²) in [6.45, 7) is 6.31. The Bertz CT molecular complexity index is 1310. The summed E-state index contributed by atoms with van der Waals surface area (Å²) in [6.07, 6.45) is 0.892. The van der Waals surface area contributed by atoms with Gasteiger partial charge in [0.1, 0.15) is 0 Å². The molecule has 0 fully saturated rings. The second-order valence-electron chi connectivity index (χ2n) is 8.51. The van der Waals surface area contributed by atoms with E-state index in [1.165, 1.54) is 28.5 Å². The second-order valence-corrected chi connectivity index (χ2v) is 9.45. The highest BCUT2D eigenvalue weighted by atomic mass is 32.2. The number of rotatable bonds is 5. The summed E-state index contributed by atoms with van der Waals surface area (Å²) in [6, 6.07) is 24.7. The molecule has 6 heteroatoms. The van der Waals surface area contributed by atoms with Crippen LogP contribution in [0.5, 0.6) is 0 Å². The number of carbonyl (C=O) groups excluding carboxylic acids is 1. The van der Waals surface area contributed by atoms with Crippen LogP contribution in [0, 0.1) is 13.8 Å². The molecule has 33 heavy (non-hydrogen) atoms. The summed E-state index contributed by atoms with van der Waals surface area (Å²) >= 11 is 1.44. The highest BCUT2D eigenvalue weighted by Gasteiger charge is 2.30. The van der Waals surface area contributed by atoms with E-state index < -0.39 is 0 Å². The summed E-state index contributed by atoms with van der Waals surface area (Å²) in [5.74, 6) is 1.17. The summed E-state index contributed by atoms with van der Waals surface area (Å²) in [5, 5.41) is 9.71. The van der Waals surface area contributed by atoms with Gasteiger partial charge in [-0.3, -0.25) is 9.36 Å². The summed E-state index contributed by atoms with van der Waals surface area (Å²) in [7, 11) is 0. The summed E-state index contributed by atoms with van der Waals surface area (Å²) in [4.78, 5) is 15.2. The number of amides is 1. The lowest BCUT2D eigenvalue weighted by Crippen LogP contribution is -2.37. The molecule has 0 bridgehead atoms. The van der Waals surface area contributed by atoms with Gasteiger partial charge in [0.2, 0.25) is 5.91 Å². The van der Waals surface area contributed by atoms with Gasteiger partial charge in [0.05, 0.1) is 11.4 Å². The zero-order valence-corrected chi connectivity index (χ0v) is 19.8. The molecular formula is C27H26N4OS. The van der Waals surface area contributed by atoms with Crippen molar-refractivity contribution in [1.29, 1.82) is 0 Å². The molecule has 1 amide bonds. The van der Waals surface area contributed by atoms with Crippen molar-refractivity contribution in [2.24, 2.45) is 0 Å². The van der Waals surface area contributed by atoms with E-state index in [1.54, 1.807) is 0 Å². The molecular weight excluding hydrogens is 428 g/mol. The number of thioether (sulfide) groups is 1. The Labute approximate surface area is 198 Å². The first-order chi connectivity index (χ1) is 16.0. The van der Waals surface area contributed by atoms with E-state index >= 15 is 0 Å². The minimum Gasteiger partial charge on any atom is -0.308 e. The SMILES string of the molecule is Cc1ccc(-n2c(SCC(=O)N3c4ccccc4CC3C)nnc2-c2ccccc2)cc1C. The third-order valence-corrected chi connectivity index (χ3v) is 7.13. The van der Waals surface area contributed by atoms with Gasteiger partial charge in [-0.05, 0) is 62.1 Å². The molecule has 0 spiro atoms. The van der Waals surface area contributed by atoms with Crippen LogP contribution in [-0.4, -0.2) is 32.5 Å². The predicted octanol–water partition coefficient (Wildman–Crippen LogP) is 5.62. The third kappa shape index (κ3) is 4.07. The summed E-state index contributed by atoms with van der Waals surface area (Å²) < 4.78 is 2.06. The van der Waals surface area contributed by atoms with Crippen molar-refractivity contribution in [2.75, 3.05) is 10.7 Å². The van der Waals surface area contributed by atoms with Crippen molar-refractivity contribution >= 4 is 23.4 Å². The third-order valence-electron chi connectivity index (χ3n) is 6.21. The van der Waals surface area contributed by atoms with Crippen molar-refractivity contribution in [3.63, 3.8) is 0 Å². The normalized spacial score (nSPS) is 15.0. The van der Waals surface area contributed by atoms with Gasteiger partial charge in [0.25, 0.3) is 0 Å². The molecule has 0 N–H and O–H groups in total. The number of aromatic nitrogens is 3. The van der Waals surface area contributed by atoms with Crippen LogP contribution in [-0.2, 0) is 11.2 Å². The maximum Gasteiger partial charge on any atom is 0.237 e. The lowest BCUT2D eigenvalue weighted by Gasteiger charge is -2.22. The molecule has 4 aromatic rings. The minimum atomic E-state index is 0.0911. The number of para-hydroxylation sites is 1. The van der Waals surface area contributed by atoms with Gasteiger partial charge < -0.3 is 4.90 Å². The number of anilines is 1. The maximum atomic E-state index is 13.3. The number of hydrogen-bond acceptors (Lipinski definition) is 4. The number of hydrogen-bond donors (Lipinski definition) is 0. The van der Waals surface area contributed by atoms with Crippen molar-refractivity contribution in [3.05, 3.63) is 89.5 Å². The van der Waals surface area contributed by atoms with Crippen LogP contribution >= 0.6 is 11.8 Å². The predicted molar refractivity (Wildman–Crippen MR) is 134 cm³/mol. The average molecular weight is 455 g/mol. The minimum absolute atomic E-state index is 0.0911. The van der Waals surface area contributed by atoms with E-state index in [0.717, 1.165) is 29.2 Å². The van der Waals surface area contributed by atoms with Crippen molar-refractivity contribution in [1.82, 2.24) is 14.8 Å². The zero-order valence-electron chi connectivity index (χ0n) is 19.0.